The molecule has 1 aromatic heterocycles. The highest BCUT2D eigenvalue weighted by Gasteiger charge is 2.22. The summed E-state index contributed by atoms with van der Waals surface area (Å²) in [4.78, 5) is 45.4. The number of nitrogens with zero attached hydrogens (tertiary/aromatic N) is 10. The van der Waals surface area contributed by atoms with Crippen molar-refractivity contribution < 1.29 is 0 Å². The minimum Gasteiger partial charge on any atom is -0.252 e. The third kappa shape index (κ3) is 3.30. The third-order valence-electron chi connectivity index (χ3n) is 5.20. The first-order chi connectivity index (χ1) is 16.7. The maximum absolute atomic E-state index is 4.75. The van der Waals surface area contributed by atoms with Crippen LogP contribution in [0.15, 0.2) is 113 Å². The van der Waals surface area contributed by atoms with Gasteiger partial charge in [0, 0.05) is 0 Å². The van der Waals surface area contributed by atoms with Gasteiger partial charge in [0.1, 0.15) is 0 Å². The Bertz CT molecular complexity index is 1680. The summed E-state index contributed by atoms with van der Waals surface area (Å²) in [5.74, 6) is 3.85. The summed E-state index contributed by atoms with van der Waals surface area (Å²) in [6.45, 7) is 0. The summed E-state index contributed by atoms with van der Waals surface area (Å²) in [6.07, 6.45) is 14.2. The van der Waals surface area contributed by atoms with Crippen molar-refractivity contribution in [1.29, 1.82) is 0 Å². The molecular formula is C24H12N10. The highest BCUT2D eigenvalue weighted by Crippen LogP contribution is 2.23. The predicted molar refractivity (Wildman–Crippen MR) is 134 cm³/mol. The quantitative estimate of drug-likeness (QED) is 0.676. The van der Waals surface area contributed by atoms with E-state index in [1.807, 2.05) is 30.3 Å². The number of aliphatic imine (C=N–C) groups is 8. The van der Waals surface area contributed by atoms with Gasteiger partial charge in [-0.05, 0) is 54.7 Å². The summed E-state index contributed by atoms with van der Waals surface area (Å²) in [5.41, 5.74) is 2.92. The van der Waals surface area contributed by atoms with Crippen LogP contribution in [-0.4, -0.2) is 56.7 Å². The van der Waals surface area contributed by atoms with E-state index in [0.29, 0.717) is 58.0 Å². The van der Waals surface area contributed by atoms with Crippen molar-refractivity contribution in [2.45, 2.75) is 0 Å². The van der Waals surface area contributed by atoms with Gasteiger partial charge in [-0.1, -0.05) is 12.1 Å². The first-order valence-corrected chi connectivity index (χ1v) is 10.4. The van der Waals surface area contributed by atoms with Gasteiger partial charge < -0.3 is 0 Å². The number of rotatable bonds is 1. The maximum atomic E-state index is 4.75. The molecule has 5 aliphatic heterocycles. The van der Waals surface area contributed by atoms with E-state index in [4.69, 9.17) is 4.98 Å². The first-order valence-electron chi connectivity index (χ1n) is 10.4. The lowest BCUT2D eigenvalue weighted by Crippen LogP contribution is -2.02. The largest absolute Gasteiger partial charge is 0.252 e. The van der Waals surface area contributed by atoms with Crippen LogP contribution in [0, 0.1) is 0 Å². The predicted octanol–water partition coefficient (Wildman–Crippen LogP) is 2.94. The fourth-order valence-corrected chi connectivity index (χ4v) is 3.67. The van der Waals surface area contributed by atoms with Gasteiger partial charge in [0.25, 0.3) is 0 Å². The van der Waals surface area contributed by atoms with Crippen molar-refractivity contribution in [3.05, 3.63) is 78.7 Å². The van der Waals surface area contributed by atoms with Gasteiger partial charge in [-0.15, -0.1) is 0 Å². The van der Waals surface area contributed by atoms with E-state index in [-0.39, 0.29) is 0 Å². The molecule has 0 saturated carbocycles. The number of aromatic nitrogens is 2. The minimum absolute atomic E-state index is 0.435. The average Bonchev–Trinajstić information content (AvgIpc) is 3.64. The Morgan fingerprint density at radius 1 is 0.471 bits per heavy atom. The van der Waals surface area contributed by atoms with Gasteiger partial charge in [0.15, 0.2) is 46.7 Å². The van der Waals surface area contributed by atoms with Crippen LogP contribution in [-0.2, 0) is 0 Å². The van der Waals surface area contributed by atoms with Crippen LogP contribution in [0.5, 0.6) is 0 Å². The fraction of sp³-hybridized carbons (Fsp3) is 0. The SMILES string of the molecule is C1=CC2=NC3=NC(=NC4=NC(=NC5=NC(=NC1=N2)C=C5)C=C4c1cnc2ccccc2n1)C=C3. The highest BCUT2D eigenvalue weighted by molar-refractivity contribution is 6.38. The maximum Gasteiger partial charge on any atom is 0.166 e. The summed E-state index contributed by atoms with van der Waals surface area (Å²) >= 11 is 0. The minimum atomic E-state index is 0.435. The van der Waals surface area contributed by atoms with Gasteiger partial charge in [-0.2, -0.15) is 0 Å². The van der Waals surface area contributed by atoms with E-state index >= 15 is 0 Å². The van der Waals surface area contributed by atoms with E-state index < -0.39 is 0 Å². The molecule has 2 aromatic rings. The van der Waals surface area contributed by atoms with Crippen molar-refractivity contribution in [2.24, 2.45) is 39.9 Å². The molecule has 0 fully saturated rings. The van der Waals surface area contributed by atoms with Gasteiger partial charge >= 0.3 is 0 Å². The second-order valence-electron chi connectivity index (χ2n) is 7.53. The Hall–Kier alpha value is -5.12. The molecule has 10 nitrogen and oxygen atoms in total. The van der Waals surface area contributed by atoms with E-state index in [1.54, 1.807) is 42.7 Å². The second-order valence-corrected chi connectivity index (χ2v) is 7.53. The van der Waals surface area contributed by atoms with Crippen LogP contribution >= 0.6 is 0 Å². The van der Waals surface area contributed by atoms with E-state index in [9.17, 15) is 0 Å². The molecule has 1 aromatic carbocycles. The van der Waals surface area contributed by atoms with Crippen molar-refractivity contribution in [2.75, 3.05) is 0 Å². The fourth-order valence-electron chi connectivity index (χ4n) is 3.67. The van der Waals surface area contributed by atoms with Gasteiger partial charge in [-0.3, -0.25) is 4.98 Å². The summed E-state index contributed by atoms with van der Waals surface area (Å²) in [7, 11) is 0. The van der Waals surface area contributed by atoms with E-state index in [0.717, 1.165) is 11.0 Å². The van der Waals surface area contributed by atoms with Crippen LogP contribution in [0.4, 0.5) is 0 Å². The highest BCUT2D eigenvalue weighted by atomic mass is 15.1. The molecule has 0 saturated heterocycles. The molecule has 0 amide bonds. The van der Waals surface area contributed by atoms with Crippen LogP contribution in [0.1, 0.15) is 5.69 Å². The molecule has 0 N–H and O–H groups in total. The van der Waals surface area contributed by atoms with E-state index in [2.05, 4.69) is 44.9 Å². The molecule has 34 heavy (non-hydrogen) atoms. The number of benzene rings is 1. The Labute approximate surface area is 192 Å². The van der Waals surface area contributed by atoms with Crippen molar-refractivity contribution in [3.8, 4) is 0 Å². The van der Waals surface area contributed by atoms with Crippen molar-refractivity contribution >= 4 is 63.3 Å². The molecule has 158 valence electrons. The van der Waals surface area contributed by atoms with Gasteiger partial charge in [0.05, 0.1) is 28.5 Å². The lowest BCUT2D eigenvalue weighted by molar-refractivity contribution is 1.26. The molecule has 0 atom stereocenters. The Kier molecular flexibility index (Phi) is 3.91. The molecule has 0 unspecified atom stereocenters. The van der Waals surface area contributed by atoms with Crippen LogP contribution in [0.2, 0.25) is 0 Å². The number of amidine groups is 8. The molecular weight excluding hydrogens is 428 g/mol. The number of hydrogen-bond donors (Lipinski definition) is 0. The Morgan fingerprint density at radius 3 is 1.56 bits per heavy atom. The zero-order chi connectivity index (χ0) is 22.5. The topological polar surface area (TPSA) is 125 Å². The summed E-state index contributed by atoms with van der Waals surface area (Å²) in [6, 6.07) is 7.69. The van der Waals surface area contributed by atoms with Crippen LogP contribution in [0.25, 0.3) is 16.6 Å². The Balaban J connectivity index is 1.38. The lowest BCUT2D eigenvalue weighted by Gasteiger charge is -2.03. The summed E-state index contributed by atoms with van der Waals surface area (Å²) in [5, 5.41) is 0. The molecule has 0 radical (unpaired) electrons. The second kappa shape index (κ2) is 7.20. The normalized spacial score (nSPS) is 19.8. The molecule has 8 bridgehead atoms. The molecule has 10 heteroatoms. The van der Waals surface area contributed by atoms with Gasteiger partial charge in [0.2, 0.25) is 0 Å². The first kappa shape index (κ1) is 18.5. The molecule has 7 rings (SSSR count). The third-order valence-corrected chi connectivity index (χ3v) is 5.20. The molecule has 0 aliphatic carbocycles. The van der Waals surface area contributed by atoms with Gasteiger partial charge in [-0.25, -0.2) is 44.9 Å². The number of fused-ring (bicyclic) bond motifs is 5. The standard InChI is InChI=1S/C24H12N10/c1-2-4-15-14(3-1)25-12-16(26-15)13-11-23-32-21-8-7-19(30-21)28-17-5-6-18(27-17)29-20-9-10-22(31-20)33-24(13)34-23/h1-12H. The summed E-state index contributed by atoms with van der Waals surface area (Å²) < 4.78 is 0. The van der Waals surface area contributed by atoms with Crippen molar-refractivity contribution in [1.82, 2.24) is 9.97 Å². The molecule has 0 spiro atoms. The monoisotopic (exact) mass is 440 g/mol. The number of hydrogen-bond acceptors (Lipinski definition) is 10. The molecule has 5 aliphatic rings. The lowest BCUT2D eigenvalue weighted by atomic mass is 10.1. The number of para-hydroxylation sites is 2. The zero-order valence-corrected chi connectivity index (χ0v) is 17.4. The van der Waals surface area contributed by atoms with Crippen LogP contribution in [0.3, 0.4) is 0 Å². The zero-order valence-electron chi connectivity index (χ0n) is 17.4. The van der Waals surface area contributed by atoms with Crippen molar-refractivity contribution in [3.63, 3.8) is 0 Å². The average molecular weight is 440 g/mol. The van der Waals surface area contributed by atoms with Crippen LogP contribution < -0.4 is 0 Å². The molecule has 6 heterocycles. The smallest absolute Gasteiger partial charge is 0.166 e. The van der Waals surface area contributed by atoms with E-state index in [1.165, 1.54) is 0 Å². The Morgan fingerprint density at radius 2 is 0.971 bits per heavy atom.